The van der Waals surface area contributed by atoms with Crippen LogP contribution in [0.1, 0.15) is 34.7 Å². The van der Waals surface area contributed by atoms with Crippen LogP contribution < -0.4 is 0 Å². The van der Waals surface area contributed by atoms with Crippen molar-refractivity contribution in [3.63, 3.8) is 0 Å². The predicted molar refractivity (Wildman–Crippen MR) is 134 cm³/mol. The summed E-state index contributed by atoms with van der Waals surface area (Å²) >= 11 is 0. The zero-order chi connectivity index (χ0) is 24.4. The molecule has 2 atom stereocenters. The van der Waals surface area contributed by atoms with E-state index in [0.29, 0.717) is 17.0 Å². The molecule has 0 aliphatic heterocycles. The molecule has 0 saturated heterocycles. The molecule has 174 valence electrons. The maximum atomic E-state index is 11.8. The molecule has 2 heterocycles. The summed E-state index contributed by atoms with van der Waals surface area (Å²) in [6.07, 6.45) is -1.74. The number of aliphatic hydroxyl groups is 2. The summed E-state index contributed by atoms with van der Waals surface area (Å²) < 4.78 is 0. The van der Waals surface area contributed by atoms with Crippen molar-refractivity contribution in [3.05, 3.63) is 124 Å². The first-order chi connectivity index (χ1) is 17.0. The van der Waals surface area contributed by atoms with E-state index in [2.05, 4.69) is 9.97 Å². The number of para-hydroxylation sites is 2. The van der Waals surface area contributed by atoms with Crippen molar-refractivity contribution in [2.45, 2.75) is 25.0 Å². The minimum atomic E-state index is -1.11. The Bertz CT molecular complexity index is 1540. The SMILES string of the molecule is O=[N+]([O-])c1cc([C@@H](O)Cc2ccc3ccccc3n2)ccc1[C@H](O)Cc1ccc2ccccc2n1. The van der Waals surface area contributed by atoms with Crippen LogP contribution in [-0.4, -0.2) is 25.1 Å². The lowest BCUT2D eigenvalue weighted by atomic mass is 9.97. The molecule has 0 bridgehead atoms. The van der Waals surface area contributed by atoms with Crippen LogP contribution >= 0.6 is 0 Å². The van der Waals surface area contributed by atoms with Crippen LogP contribution in [0.5, 0.6) is 0 Å². The third kappa shape index (κ3) is 4.87. The Labute approximate surface area is 201 Å². The van der Waals surface area contributed by atoms with Crippen LogP contribution in [0.25, 0.3) is 21.8 Å². The lowest BCUT2D eigenvalue weighted by Crippen LogP contribution is -2.09. The number of pyridine rings is 2. The lowest BCUT2D eigenvalue weighted by molar-refractivity contribution is -0.386. The zero-order valence-corrected chi connectivity index (χ0v) is 18.8. The van der Waals surface area contributed by atoms with Gasteiger partial charge in [0.2, 0.25) is 0 Å². The first kappa shape index (κ1) is 22.6. The van der Waals surface area contributed by atoms with Crippen molar-refractivity contribution >= 4 is 27.5 Å². The van der Waals surface area contributed by atoms with E-state index in [9.17, 15) is 20.3 Å². The van der Waals surface area contributed by atoms with Crippen molar-refractivity contribution in [1.82, 2.24) is 9.97 Å². The van der Waals surface area contributed by atoms with Gasteiger partial charge in [0.25, 0.3) is 5.69 Å². The van der Waals surface area contributed by atoms with Crippen molar-refractivity contribution in [1.29, 1.82) is 0 Å². The van der Waals surface area contributed by atoms with Crippen molar-refractivity contribution in [3.8, 4) is 0 Å². The van der Waals surface area contributed by atoms with Gasteiger partial charge in [0.15, 0.2) is 0 Å². The van der Waals surface area contributed by atoms with E-state index in [0.717, 1.165) is 21.8 Å². The zero-order valence-electron chi connectivity index (χ0n) is 18.8. The summed E-state index contributed by atoms with van der Waals surface area (Å²) in [7, 11) is 0. The van der Waals surface area contributed by atoms with E-state index in [1.54, 1.807) is 6.07 Å². The molecule has 0 amide bonds. The maximum absolute atomic E-state index is 11.8. The minimum absolute atomic E-state index is 0.134. The molecule has 5 rings (SSSR count). The van der Waals surface area contributed by atoms with E-state index >= 15 is 0 Å². The fourth-order valence-corrected chi connectivity index (χ4v) is 4.28. The Kier molecular flexibility index (Phi) is 6.18. The van der Waals surface area contributed by atoms with Gasteiger partial charge in [0.05, 0.1) is 33.7 Å². The Hall–Kier alpha value is -4.20. The smallest absolute Gasteiger partial charge is 0.275 e. The molecule has 2 N–H and O–H groups in total. The Morgan fingerprint density at radius 1 is 0.714 bits per heavy atom. The first-order valence-corrected chi connectivity index (χ1v) is 11.3. The monoisotopic (exact) mass is 465 g/mol. The van der Waals surface area contributed by atoms with Crippen LogP contribution in [0.2, 0.25) is 0 Å². The highest BCUT2D eigenvalue weighted by Gasteiger charge is 2.24. The van der Waals surface area contributed by atoms with Gasteiger partial charge in [-0.2, -0.15) is 0 Å². The summed E-state index contributed by atoms with van der Waals surface area (Å²) in [4.78, 5) is 20.4. The Morgan fingerprint density at radius 3 is 1.83 bits per heavy atom. The second kappa shape index (κ2) is 9.58. The molecule has 0 unspecified atom stereocenters. The molecule has 0 aliphatic carbocycles. The fraction of sp³-hybridized carbons (Fsp3) is 0.143. The van der Waals surface area contributed by atoms with Gasteiger partial charge in [-0.1, -0.05) is 54.6 Å². The highest BCUT2D eigenvalue weighted by molar-refractivity contribution is 5.79. The van der Waals surface area contributed by atoms with Crippen LogP contribution in [0.3, 0.4) is 0 Å². The number of fused-ring (bicyclic) bond motifs is 2. The molecule has 0 fully saturated rings. The molecular formula is C28H23N3O4. The molecule has 0 radical (unpaired) electrons. The topological polar surface area (TPSA) is 109 Å². The number of benzene rings is 3. The average molecular weight is 466 g/mol. The van der Waals surface area contributed by atoms with Gasteiger partial charge in [-0.25, -0.2) is 0 Å². The van der Waals surface area contributed by atoms with Gasteiger partial charge in [-0.15, -0.1) is 0 Å². The number of nitrogens with zero attached hydrogens (tertiary/aromatic N) is 3. The van der Waals surface area contributed by atoms with Crippen molar-refractivity contribution in [2.24, 2.45) is 0 Å². The van der Waals surface area contributed by atoms with E-state index in [-0.39, 0.29) is 24.1 Å². The molecule has 0 spiro atoms. The Morgan fingerprint density at radius 2 is 1.26 bits per heavy atom. The van der Waals surface area contributed by atoms with Crippen LogP contribution in [0.15, 0.2) is 91.0 Å². The Balaban J connectivity index is 1.37. The highest BCUT2D eigenvalue weighted by atomic mass is 16.6. The average Bonchev–Trinajstić information content (AvgIpc) is 2.88. The lowest BCUT2D eigenvalue weighted by Gasteiger charge is -2.15. The van der Waals surface area contributed by atoms with Crippen LogP contribution in [0.4, 0.5) is 5.69 Å². The predicted octanol–water partition coefficient (Wildman–Crippen LogP) is 5.24. The number of aromatic nitrogens is 2. The van der Waals surface area contributed by atoms with Gasteiger partial charge >= 0.3 is 0 Å². The molecule has 3 aromatic carbocycles. The van der Waals surface area contributed by atoms with Crippen molar-refractivity contribution < 1.29 is 15.1 Å². The van der Waals surface area contributed by atoms with E-state index in [1.807, 2.05) is 72.8 Å². The molecule has 0 aliphatic rings. The highest BCUT2D eigenvalue weighted by Crippen LogP contribution is 2.31. The molecule has 35 heavy (non-hydrogen) atoms. The van der Waals surface area contributed by atoms with Gasteiger partial charge in [-0.3, -0.25) is 20.1 Å². The summed E-state index contributed by atoms with van der Waals surface area (Å²) in [5, 5.41) is 35.4. The fourth-order valence-electron chi connectivity index (χ4n) is 4.28. The summed E-state index contributed by atoms with van der Waals surface area (Å²) in [5.74, 6) is 0. The normalized spacial score (nSPS) is 13.1. The number of aliphatic hydroxyl groups excluding tert-OH is 2. The van der Waals surface area contributed by atoms with E-state index < -0.39 is 17.1 Å². The summed E-state index contributed by atoms with van der Waals surface area (Å²) in [6, 6.07) is 27.3. The van der Waals surface area contributed by atoms with Crippen LogP contribution in [0, 0.1) is 10.1 Å². The van der Waals surface area contributed by atoms with Gasteiger partial charge in [-0.05, 0) is 35.9 Å². The van der Waals surface area contributed by atoms with Gasteiger partial charge < -0.3 is 10.2 Å². The van der Waals surface area contributed by atoms with E-state index in [4.69, 9.17) is 0 Å². The number of nitro benzene ring substituents is 1. The standard InChI is InChI=1S/C28H23N3O4/c32-27(16-21-12-9-18-5-1-3-7-24(18)29-21)20-11-14-23(26(15-20)31(34)35)28(33)17-22-13-10-19-6-2-4-8-25(19)30-22/h1-15,27-28,32-33H,16-17H2/t27-,28+/m0/s1. The second-order valence-corrected chi connectivity index (χ2v) is 8.51. The minimum Gasteiger partial charge on any atom is -0.388 e. The quantitative estimate of drug-likeness (QED) is 0.251. The van der Waals surface area contributed by atoms with Crippen molar-refractivity contribution in [2.75, 3.05) is 0 Å². The third-order valence-electron chi connectivity index (χ3n) is 6.11. The molecule has 7 heteroatoms. The number of hydrogen-bond acceptors (Lipinski definition) is 6. The van der Waals surface area contributed by atoms with E-state index in [1.165, 1.54) is 12.1 Å². The number of hydrogen-bond donors (Lipinski definition) is 2. The van der Waals surface area contributed by atoms with Crippen LogP contribution in [-0.2, 0) is 12.8 Å². The molecular weight excluding hydrogens is 442 g/mol. The number of rotatable bonds is 7. The number of nitro groups is 1. The third-order valence-corrected chi connectivity index (χ3v) is 6.11. The summed E-state index contributed by atoms with van der Waals surface area (Å²) in [5.41, 5.74) is 3.29. The largest absolute Gasteiger partial charge is 0.388 e. The molecule has 7 nitrogen and oxygen atoms in total. The first-order valence-electron chi connectivity index (χ1n) is 11.3. The van der Waals surface area contributed by atoms with Gasteiger partial charge in [0.1, 0.15) is 0 Å². The molecule has 2 aromatic heterocycles. The second-order valence-electron chi connectivity index (χ2n) is 8.51. The molecule has 5 aromatic rings. The molecule has 0 saturated carbocycles. The summed E-state index contributed by atoms with van der Waals surface area (Å²) in [6.45, 7) is 0. The van der Waals surface area contributed by atoms with Gasteiger partial charge in [0, 0.05) is 41.1 Å². The maximum Gasteiger partial charge on any atom is 0.275 e.